The summed E-state index contributed by atoms with van der Waals surface area (Å²) in [6.07, 6.45) is -8.21. The molecule has 0 unspecified atom stereocenters. The second-order valence-electron chi connectivity index (χ2n) is 18.0. The Kier molecular flexibility index (Phi) is 14.3. The van der Waals surface area contributed by atoms with E-state index in [2.05, 4.69) is 10.2 Å². The van der Waals surface area contributed by atoms with Crippen molar-refractivity contribution in [2.24, 2.45) is 0 Å². The van der Waals surface area contributed by atoms with Crippen LogP contribution in [-0.2, 0) is 71.4 Å². The predicted molar refractivity (Wildman–Crippen MR) is 271 cm³/mol. The van der Waals surface area contributed by atoms with Crippen LogP contribution in [0.5, 0.6) is 0 Å². The number of thiophene rings is 2. The van der Waals surface area contributed by atoms with E-state index in [1.807, 2.05) is 61.6 Å². The monoisotopic (exact) mass is 1080 g/mol. The molecule has 0 fully saturated rings. The van der Waals surface area contributed by atoms with Gasteiger partial charge in [-0.25, -0.2) is 25.6 Å². The van der Waals surface area contributed by atoms with E-state index in [0.717, 1.165) is 89.1 Å². The Morgan fingerprint density at radius 3 is 1.49 bits per heavy atom. The third-order valence-corrected chi connectivity index (χ3v) is 19.3. The molecule has 0 saturated heterocycles. The average molecular weight is 1080 g/mol. The number of hydrogen-bond donors (Lipinski definition) is 1. The largest absolute Gasteiger partial charge is 0.419 e. The Labute approximate surface area is 425 Å². The molecule has 2 aromatic heterocycles. The van der Waals surface area contributed by atoms with Gasteiger partial charge in [-0.1, -0.05) is 60.7 Å². The molecule has 6 aromatic carbocycles. The maximum atomic E-state index is 14.1. The fourth-order valence-corrected chi connectivity index (χ4v) is 15.1. The molecule has 0 aliphatic carbocycles. The summed E-state index contributed by atoms with van der Waals surface area (Å²) in [7, 11) is -6.39. The molecule has 0 saturated carbocycles. The molecule has 73 heavy (non-hydrogen) atoms. The van der Waals surface area contributed by atoms with Gasteiger partial charge < -0.3 is 10.2 Å². The summed E-state index contributed by atoms with van der Waals surface area (Å²) in [5.74, 6) is -2.80. The van der Waals surface area contributed by atoms with E-state index < -0.39 is 55.2 Å². The number of aryl methyl sites for hydroxylation is 2. The topological polar surface area (TPSA) is 90.0 Å². The van der Waals surface area contributed by atoms with Crippen LogP contribution in [-0.4, -0.2) is 41.9 Å². The maximum absolute atomic E-state index is 14.1. The number of rotatable bonds is 10. The third kappa shape index (κ3) is 10.6. The molecule has 0 radical (unpaired) electrons. The molecule has 2 aliphatic rings. The van der Waals surface area contributed by atoms with Crippen LogP contribution < -0.4 is 13.9 Å². The van der Waals surface area contributed by atoms with Gasteiger partial charge in [-0.3, -0.25) is 8.61 Å². The first-order valence-corrected chi connectivity index (χ1v) is 27.4. The normalized spacial score (nSPS) is 14.4. The number of anilines is 2. The Bertz CT molecular complexity index is 3630. The molecule has 10 rings (SSSR count). The lowest BCUT2D eigenvalue weighted by Gasteiger charge is -2.27. The van der Waals surface area contributed by atoms with Gasteiger partial charge in [0.1, 0.15) is 21.6 Å². The summed E-state index contributed by atoms with van der Waals surface area (Å²) < 4.78 is 169. The quantitative estimate of drug-likeness (QED) is 0.137. The zero-order valence-electron chi connectivity index (χ0n) is 39.3. The van der Waals surface area contributed by atoms with Crippen molar-refractivity contribution in [3.8, 4) is 0 Å². The van der Waals surface area contributed by atoms with E-state index in [1.54, 1.807) is 44.2 Å². The summed E-state index contributed by atoms with van der Waals surface area (Å²) in [5, 5.41) is 5.77. The lowest BCUT2D eigenvalue weighted by Crippen LogP contribution is -2.31. The van der Waals surface area contributed by atoms with Gasteiger partial charge in [-0.2, -0.15) is 26.3 Å². The number of nitrogens with zero attached hydrogens (tertiary/aromatic N) is 3. The van der Waals surface area contributed by atoms with Crippen molar-refractivity contribution >= 4 is 72.9 Å². The molecule has 4 heterocycles. The Balaban J connectivity index is 0.000000180. The van der Waals surface area contributed by atoms with Crippen molar-refractivity contribution in [2.45, 2.75) is 75.0 Å². The second kappa shape index (κ2) is 20.1. The highest BCUT2D eigenvalue weighted by Gasteiger charge is 2.37. The van der Waals surface area contributed by atoms with Gasteiger partial charge in [0.2, 0.25) is 0 Å². The zero-order valence-corrected chi connectivity index (χ0v) is 42.6. The summed E-state index contributed by atoms with van der Waals surface area (Å²) in [5.41, 5.74) is 2.55. The molecule has 0 amide bonds. The van der Waals surface area contributed by atoms with E-state index in [-0.39, 0.29) is 34.0 Å². The molecule has 20 heteroatoms. The molecular weight excluding hydrogens is 1040 g/mol. The summed E-state index contributed by atoms with van der Waals surface area (Å²) in [4.78, 5) is 2.22. The van der Waals surface area contributed by atoms with Gasteiger partial charge in [0.05, 0.1) is 34.0 Å². The first-order chi connectivity index (χ1) is 34.5. The fraction of sp³-hybridized carbons (Fsp3) is 0.245. The second-order valence-corrected chi connectivity index (χ2v) is 23.8. The van der Waals surface area contributed by atoms with Gasteiger partial charge >= 0.3 is 12.4 Å². The van der Waals surface area contributed by atoms with E-state index >= 15 is 0 Å². The molecule has 8 nitrogen and oxygen atoms in total. The standard InChI is InChI=1S/C27H24F4N2O2S2.C26H22F4N2O2S2/c1-17-22-5-3-4-6-25(22)36-26(17)33(15-18-7-10-24(28)23(13-18)27(29,30)31)37(34,35)21-9-8-19-11-12-32(2)16-20(19)14-21;1-16-21-4-2-3-5-24(21)35-25(16)32(15-17-6-9-23(27)22(12-17)26(28,29)30)36(33,34)20-8-7-18-10-11-31-14-19(18)13-20/h3-10,13-14H,11-12,15-16H2,1-2H3;2-9,12-13,31H,10-11,14-15H2,1H3. The SMILES string of the molecule is Cc1c(N(Cc2ccc(F)c(C(F)(F)F)c2)S(=O)(=O)c2ccc3c(c2)CN(C)CC3)sc2ccccc12.Cc1c(N(Cc2ccc(F)c(C(F)(F)F)c2)S(=O)(=O)c2ccc3c(c2)CNCC3)sc2ccccc12. The van der Waals surface area contributed by atoms with Crippen LogP contribution >= 0.6 is 22.7 Å². The lowest BCUT2D eigenvalue weighted by atomic mass is 10.0. The predicted octanol–water partition coefficient (Wildman–Crippen LogP) is 13.2. The van der Waals surface area contributed by atoms with Gasteiger partial charge in [0.15, 0.2) is 0 Å². The van der Waals surface area contributed by atoms with Crippen LogP contribution in [0.15, 0.2) is 131 Å². The summed E-state index contributed by atoms with van der Waals surface area (Å²) in [6.45, 7) is 5.65. The summed E-state index contributed by atoms with van der Waals surface area (Å²) in [6, 6.07) is 30.0. The Morgan fingerprint density at radius 2 is 1.03 bits per heavy atom. The molecule has 1 N–H and O–H groups in total. The number of nitrogens with one attached hydrogen (secondary N) is 1. The third-order valence-electron chi connectivity index (χ3n) is 13.0. The molecule has 0 atom stereocenters. The summed E-state index contributed by atoms with van der Waals surface area (Å²) >= 11 is 2.51. The van der Waals surface area contributed by atoms with Crippen molar-refractivity contribution in [1.29, 1.82) is 0 Å². The highest BCUT2D eigenvalue weighted by atomic mass is 32.2. The Morgan fingerprint density at radius 1 is 0.575 bits per heavy atom. The average Bonchev–Trinajstić information content (AvgIpc) is 3.87. The van der Waals surface area contributed by atoms with Crippen LogP contribution in [0.2, 0.25) is 0 Å². The highest BCUT2D eigenvalue weighted by Crippen LogP contribution is 2.44. The van der Waals surface area contributed by atoms with Gasteiger partial charge in [0.25, 0.3) is 20.0 Å². The van der Waals surface area contributed by atoms with Crippen molar-refractivity contribution in [1.82, 2.24) is 10.2 Å². The smallest absolute Gasteiger partial charge is 0.312 e. The maximum Gasteiger partial charge on any atom is 0.419 e. The number of hydrogen-bond acceptors (Lipinski definition) is 8. The number of halogens is 8. The van der Waals surface area contributed by atoms with Crippen LogP contribution in [0, 0.1) is 25.5 Å². The van der Waals surface area contributed by atoms with E-state index in [4.69, 9.17) is 0 Å². The highest BCUT2D eigenvalue weighted by molar-refractivity contribution is 7.93. The number of sulfonamides is 2. The Hall–Kier alpha value is -5.90. The minimum absolute atomic E-state index is 0.0313. The van der Waals surface area contributed by atoms with Crippen molar-refractivity contribution in [3.05, 3.63) is 189 Å². The molecule has 382 valence electrons. The molecular formula is C53H46F8N4O4S4. The first-order valence-electron chi connectivity index (χ1n) is 22.9. The van der Waals surface area contributed by atoms with E-state index in [1.165, 1.54) is 34.8 Å². The van der Waals surface area contributed by atoms with Crippen LogP contribution in [0.3, 0.4) is 0 Å². The van der Waals surface area contributed by atoms with Gasteiger partial charge in [-0.15, -0.1) is 22.7 Å². The minimum atomic E-state index is -4.90. The number of likely N-dealkylation sites (N-methyl/N-ethyl adjacent to an activating group) is 1. The number of alkyl halides is 6. The lowest BCUT2D eigenvalue weighted by molar-refractivity contribution is -0.140. The molecule has 2 aliphatic heterocycles. The van der Waals surface area contributed by atoms with Gasteiger partial charge in [0, 0.05) is 29.0 Å². The van der Waals surface area contributed by atoms with Crippen molar-refractivity contribution in [3.63, 3.8) is 0 Å². The van der Waals surface area contributed by atoms with Crippen LogP contribution in [0.25, 0.3) is 20.2 Å². The minimum Gasteiger partial charge on any atom is -0.312 e. The van der Waals surface area contributed by atoms with Crippen LogP contribution in [0.4, 0.5) is 45.1 Å². The molecule has 0 spiro atoms. The van der Waals surface area contributed by atoms with E-state index in [9.17, 15) is 52.0 Å². The van der Waals surface area contributed by atoms with Crippen LogP contribution in [0.1, 0.15) is 55.6 Å². The first kappa shape index (κ1) is 52.0. The molecule has 8 aromatic rings. The zero-order chi connectivity index (χ0) is 52.2. The number of benzene rings is 6. The van der Waals surface area contributed by atoms with Crippen molar-refractivity contribution in [2.75, 3.05) is 28.7 Å². The van der Waals surface area contributed by atoms with Crippen molar-refractivity contribution < 1.29 is 52.0 Å². The van der Waals surface area contributed by atoms with E-state index in [0.29, 0.717) is 46.4 Å². The number of fused-ring (bicyclic) bond motifs is 4. The fourth-order valence-electron chi connectivity index (χ4n) is 9.14. The van der Waals surface area contributed by atoms with Gasteiger partial charge in [-0.05, 0) is 156 Å². The molecule has 0 bridgehead atoms.